The molecule has 2 aromatic carbocycles. The quantitative estimate of drug-likeness (QED) is 0.615. The van der Waals surface area contributed by atoms with Gasteiger partial charge in [-0.25, -0.2) is 9.18 Å². The number of anilines is 2. The van der Waals surface area contributed by atoms with Gasteiger partial charge in [-0.1, -0.05) is 6.07 Å². The molecular weight excluding hydrogens is 339 g/mol. The first-order valence-electron chi connectivity index (χ1n) is 7.80. The van der Waals surface area contributed by atoms with Crippen molar-refractivity contribution in [3.63, 3.8) is 0 Å². The standard InChI is InChI=1S/C19H17FN2O4/c1-2-26-18(24)11-10-17(23)21-16-5-3-4-13(12-16)19(25)22-15-8-6-14(20)7-9-15/h3-12H,2H2,1H3,(H,21,23)(H,22,25)/b11-10+. The van der Waals surface area contributed by atoms with Gasteiger partial charge < -0.3 is 15.4 Å². The molecule has 0 saturated carbocycles. The van der Waals surface area contributed by atoms with Crippen molar-refractivity contribution in [3.8, 4) is 0 Å². The van der Waals surface area contributed by atoms with E-state index in [9.17, 15) is 18.8 Å². The number of carbonyl (C=O) groups excluding carboxylic acids is 3. The summed E-state index contributed by atoms with van der Waals surface area (Å²) >= 11 is 0. The number of rotatable bonds is 6. The van der Waals surface area contributed by atoms with Crippen molar-refractivity contribution in [1.82, 2.24) is 0 Å². The number of hydrogen-bond donors (Lipinski definition) is 2. The second-order valence-electron chi connectivity index (χ2n) is 5.12. The van der Waals surface area contributed by atoms with Gasteiger partial charge in [-0.3, -0.25) is 9.59 Å². The Kier molecular flexibility index (Phi) is 6.61. The number of carbonyl (C=O) groups is 3. The van der Waals surface area contributed by atoms with Gasteiger partial charge in [-0.05, 0) is 49.4 Å². The molecule has 134 valence electrons. The van der Waals surface area contributed by atoms with Crippen LogP contribution in [0.1, 0.15) is 17.3 Å². The van der Waals surface area contributed by atoms with Gasteiger partial charge in [-0.15, -0.1) is 0 Å². The van der Waals surface area contributed by atoms with Crippen LogP contribution in [-0.2, 0) is 14.3 Å². The fourth-order valence-corrected chi connectivity index (χ4v) is 1.99. The maximum Gasteiger partial charge on any atom is 0.330 e. The predicted octanol–water partition coefficient (Wildman–Crippen LogP) is 3.14. The highest BCUT2D eigenvalue weighted by atomic mass is 19.1. The molecule has 0 aliphatic rings. The zero-order valence-corrected chi connectivity index (χ0v) is 14.0. The molecule has 0 aliphatic carbocycles. The lowest BCUT2D eigenvalue weighted by Crippen LogP contribution is -2.13. The smallest absolute Gasteiger partial charge is 0.330 e. The minimum atomic E-state index is -0.616. The minimum absolute atomic E-state index is 0.218. The van der Waals surface area contributed by atoms with Gasteiger partial charge in [0.05, 0.1) is 6.61 Å². The highest BCUT2D eigenvalue weighted by molar-refractivity contribution is 6.06. The summed E-state index contributed by atoms with van der Waals surface area (Å²) < 4.78 is 17.6. The first kappa shape index (κ1) is 18.9. The normalized spacial score (nSPS) is 10.4. The third-order valence-electron chi connectivity index (χ3n) is 3.15. The van der Waals surface area contributed by atoms with Gasteiger partial charge in [0.2, 0.25) is 5.91 Å². The number of ether oxygens (including phenoxy) is 1. The van der Waals surface area contributed by atoms with Crippen LogP contribution in [0.2, 0.25) is 0 Å². The van der Waals surface area contributed by atoms with Crippen LogP contribution in [0.5, 0.6) is 0 Å². The van der Waals surface area contributed by atoms with E-state index in [0.717, 1.165) is 12.2 Å². The Hall–Kier alpha value is -3.48. The molecular formula is C19H17FN2O4. The van der Waals surface area contributed by atoms with Crippen LogP contribution in [0.4, 0.5) is 15.8 Å². The van der Waals surface area contributed by atoms with E-state index in [-0.39, 0.29) is 6.61 Å². The summed E-state index contributed by atoms with van der Waals surface area (Å²) in [6.07, 6.45) is 2.06. The van der Waals surface area contributed by atoms with Crippen molar-refractivity contribution < 1.29 is 23.5 Å². The molecule has 0 atom stereocenters. The molecule has 0 radical (unpaired) electrons. The van der Waals surface area contributed by atoms with E-state index in [1.165, 1.54) is 30.3 Å². The zero-order chi connectivity index (χ0) is 18.9. The first-order valence-corrected chi connectivity index (χ1v) is 7.80. The highest BCUT2D eigenvalue weighted by Gasteiger charge is 2.08. The molecule has 2 N–H and O–H groups in total. The van der Waals surface area contributed by atoms with Gasteiger partial charge in [0.25, 0.3) is 5.91 Å². The molecule has 0 fully saturated rings. The number of benzene rings is 2. The third kappa shape index (κ3) is 5.86. The van der Waals surface area contributed by atoms with E-state index < -0.39 is 23.6 Å². The van der Waals surface area contributed by atoms with E-state index in [1.54, 1.807) is 25.1 Å². The molecule has 0 heterocycles. The first-order chi connectivity index (χ1) is 12.5. The average Bonchev–Trinajstić information content (AvgIpc) is 2.62. The van der Waals surface area contributed by atoms with Crippen LogP contribution in [0.3, 0.4) is 0 Å². The fourth-order valence-electron chi connectivity index (χ4n) is 1.99. The van der Waals surface area contributed by atoms with E-state index in [4.69, 9.17) is 0 Å². The van der Waals surface area contributed by atoms with Gasteiger partial charge in [-0.2, -0.15) is 0 Å². The maximum absolute atomic E-state index is 12.9. The monoisotopic (exact) mass is 356 g/mol. The summed E-state index contributed by atoms with van der Waals surface area (Å²) in [5, 5.41) is 5.17. The molecule has 7 heteroatoms. The number of hydrogen-bond acceptors (Lipinski definition) is 4. The summed E-state index contributed by atoms with van der Waals surface area (Å²) in [4.78, 5) is 35.2. The Morgan fingerprint density at radius 2 is 1.73 bits per heavy atom. The molecule has 26 heavy (non-hydrogen) atoms. The number of halogens is 1. The average molecular weight is 356 g/mol. The second kappa shape index (κ2) is 9.12. The SMILES string of the molecule is CCOC(=O)/C=C/C(=O)Nc1cccc(C(=O)Nc2ccc(F)cc2)c1. The molecule has 2 amide bonds. The summed E-state index contributed by atoms with van der Waals surface area (Å²) in [5.41, 5.74) is 1.14. The van der Waals surface area contributed by atoms with E-state index in [2.05, 4.69) is 15.4 Å². The lowest BCUT2D eigenvalue weighted by molar-refractivity contribution is -0.137. The van der Waals surface area contributed by atoms with Crippen molar-refractivity contribution >= 4 is 29.2 Å². The van der Waals surface area contributed by atoms with Crippen molar-refractivity contribution in [2.75, 3.05) is 17.2 Å². The molecule has 0 bridgehead atoms. The van der Waals surface area contributed by atoms with Crippen LogP contribution < -0.4 is 10.6 Å². The molecule has 0 spiro atoms. The van der Waals surface area contributed by atoms with Crippen LogP contribution >= 0.6 is 0 Å². The van der Waals surface area contributed by atoms with E-state index >= 15 is 0 Å². The second-order valence-corrected chi connectivity index (χ2v) is 5.12. The fraction of sp³-hybridized carbons (Fsp3) is 0.105. The minimum Gasteiger partial charge on any atom is -0.463 e. The van der Waals surface area contributed by atoms with Gasteiger partial charge in [0.15, 0.2) is 0 Å². The molecule has 2 rings (SSSR count). The van der Waals surface area contributed by atoms with E-state index in [0.29, 0.717) is 16.9 Å². The van der Waals surface area contributed by atoms with Crippen molar-refractivity contribution in [1.29, 1.82) is 0 Å². The van der Waals surface area contributed by atoms with Crippen molar-refractivity contribution in [3.05, 3.63) is 72.1 Å². The number of nitrogens with one attached hydrogen (secondary N) is 2. The maximum atomic E-state index is 12.9. The molecule has 0 unspecified atom stereocenters. The summed E-state index contributed by atoms with van der Waals surface area (Å²) in [6.45, 7) is 1.88. The van der Waals surface area contributed by atoms with Crippen molar-refractivity contribution in [2.24, 2.45) is 0 Å². The van der Waals surface area contributed by atoms with Gasteiger partial charge in [0.1, 0.15) is 5.82 Å². The van der Waals surface area contributed by atoms with Crippen LogP contribution in [0.25, 0.3) is 0 Å². The largest absolute Gasteiger partial charge is 0.463 e. The third-order valence-corrected chi connectivity index (χ3v) is 3.15. The summed E-state index contributed by atoms with van der Waals surface area (Å²) in [6, 6.07) is 11.6. The lowest BCUT2D eigenvalue weighted by atomic mass is 10.1. The Morgan fingerprint density at radius 3 is 2.42 bits per heavy atom. The number of amides is 2. The molecule has 2 aromatic rings. The number of esters is 1. The highest BCUT2D eigenvalue weighted by Crippen LogP contribution is 2.14. The van der Waals surface area contributed by atoms with E-state index in [1.807, 2.05) is 0 Å². The zero-order valence-electron chi connectivity index (χ0n) is 14.0. The van der Waals surface area contributed by atoms with Gasteiger partial charge >= 0.3 is 5.97 Å². The topological polar surface area (TPSA) is 84.5 Å². The Morgan fingerprint density at radius 1 is 1.00 bits per heavy atom. The molecule has 0 aromatic heterocycles. The van der Waals surface area contributed by atoms with Crippen LogP contribution in [-0.4, -0.2) is 24.4 Å². The van der Waals surface area contributed by atoms with Crippen LogP contribution in [0.15, 0.2) is 60.7 Å². The molecule has 6 nitrogen and oxygen atoms in total. The predicted molar refractivity (Wildman–Crippen MR) is 95.2 cm³/mol. The Balaban J connectivity index is 2.00. The van der Waals surface area contributed by atoms with Crippen molar-refractivity contribution in [2.45, 2.75) is 6.92 Å². The van der Waals surface area contributed by atoms with Crippen LogP contribution in [0, 0.1) is 5.82 Å². The molecule has 0 aliphatic heterocycles. The van der Waals surface area contributed by atoms with Gasteiger partial charge in [0, 0.05) is 29.1 Å². The summed E-state index contributed by atoms with van der Waals surface area (Å²) in [7, 11) is 0. The Labute approximate surface area is 149 Å². The molecule has 0 saturated heterocycles. The lowest BCUT2D eigenvalue weighted by Gasteiger charge is -2.07. The Bertz CT molecular complexity index is 832. The summed E-state index contributed by atoms with van der Waals surface area (Å²) in [5.74, 6) is -1.96.